The highest BCUT2D eigenvalue weighted by Crippen LogP contribution is 2.39. The summed E-state index contributed by atoms with van der Waals surface area (Å²) < 4.78 is 5.21. The molecule has 2 heteroatoms. The van der Waals surface area contributed by atoms with E-state index in [2.05, 4.69) is 26.1 Å². The first-order chi connectivity index (χ1) is 6.65. The highest BCUT2D eigenvalue weighted by atomic mass is 16.5. The van der Waals surface area contributed by atoms with Crippen molar-refractivity contribution in [1.82, 2.24) is 5.32 Å². The van der Waals surface area contributed by atoms with Crippen molar-refractivity contribution in [1.29, 1.82) is 0 Å². The SMILES string of the molecule is COCC(C)C1CCC1CNC(C)C. The van der Waals surface area contributed by atoms with Gasteiger partial charge in [-0.3, -0.25) is 0 Å². The molecular formula is C12H25NO. The maximum Gasteiger partial charge on any atom is 0.0490 e. The maximum atomic E-state index is 5.21. The molecule has 14 heavy (non-hydrogen) atoms. The lowest BCUT2D eigenvalue weighted by Crippen LogP contribution is -2.41. The summed E-state index contributed by atoms with van der Waals surface area (Å²) in [5.41, 5.74) is 0. The van der Waals surface area contributed by atoms with E-state index in [4.69, 9.17) is 4.74 Å². The highest BCUT2D eigenvalue weighted by Gasteiger charge is 2.34. The molecule has 0 bridgehead atoms. The van der Waals surface area contributed by atoms with Gasteiger partial charge in [-0.2, -0.15) is 0 Å². The second kappa shape index (κ2) is 5.72. The van der Waals surface area contributed by atoms with E-state index in [0.717, 1.165) is 24.4 Å². The summed E-state index contributed by atoms with van der Waals surface area (Å²) in [6.07, 6.45) is 2.80. The van der Waals surface area contributed by atoms with Gasteiger partial charge in [0.2, 0.25) is 0 Å². The molecule has 1 N–H and O–H groups in total. The van der Waals surface area contributed by atoms with Gasteiger partial charge in [-0.15, -0.1) is 0 Å². The second-order valence-corrected chi connectivity index (χ2v) is 5.00. The molecule has 0 aromatic heterocycles. The van der Waals surface area contributed by atoms with Gasteiger partial charge in [-0.25, -0.2) is 0 Å². The predicted molar refractivity (Wildman–Crippen MR) is 60.4 cm³/mol. The molecular weight excluding hydrogens is 174 g/mol. The molecule has 84 valence electrons. The first kappa shape index (κ1) is 12.0. The van der Waals surface area contributed by atoms with Gasteiger partial charge in [-0.1, -0.05) is 20.8 Å². The minimum absolute atomic E-state index is 0.619. The van der Waals surface area contributed by atoms with Crippen LogP contribution in [0.3, 0.4) is 0 Å². The molecule has 1 rings (SSSR count). The van der Waals surface area contributed by atoms with Gasteiger partial charge >= 0.3 is 0 Å². The van der Waals surface area contributed by atoms with Gasteiger partial charge in [0.1, 0.15) is 0 Å². The molecule has 2 nitrogen and oxygen atoms in total. The Hall–Kier alpha value is -0.0800. The van der Waals surface area contributed by atoms with E-state index in [0.29, 0.717) is 6.04 Å². The molecule has 0 aliphatic heterocycles. The molecule has 1 aliphatic rings. The molecule has 0 aromatic carbocycles. The van der Waals surface area contributed by atoms with Crippen molar-refractivity contribution in [2.24, 2.45) is 17.8 Å². The zero-order valence-electron chi connectivity index (χ0n) is 10.0. The van der Waals surface area contributed by atoms with Gasteiger partial charge < -0.3 is 10.1 Å². The summed E-state index contributed by atoms with van der Waals surface area (Å²) in [6.45, 7) is 8.85. The van der Waals surface area contributed by atoms with Gasteiger partial charge in [0.15, 0.2) is 0 Å². The van der Waals surface area contributed by atoms with E-state index in [1.54, 1.807) is 7.11 Å². The fourth-order valence-electron chi connectivity index (χ4n) is 2.37. The average Bonchev–Trinajstić information content (AvgIpc) is 2.01. The van der Waals surface area contributed by atoms with Crippen LogP contribution in [0.1, 0.15) is 33.6 Å². The third kappa shape index (κ3) is 3.25. The molecule has 3 unspecified atom stereocenters. The quantitative estimate of drug-likeness (QED) is 0.708. The van der Waals surface area contributed by atoms with E-state index in [9.17, 15) is 0 Å². The summed E-state index contributed by atoms with van der Waals surface area (Å²) in [6, 6.07) is 0.619. The van der Waals surface area contributed by atoms with E-state index in [1.807, 2.05) is 0 Å². The van der Waals surface area contributed by atoms with E-state index in [-0.39, 0.29) is 0 Å². The van der Waals surface area contributed by atoms with Crippen LogP contribution in [0, 0.1) is 17.8 Å². The lowest BCUT2D eigenvalue weighted by Gasteiger charge is -2.41. The normalized spacial score (nSPS) is 28.9. The molecule has 0 aromatic rings. The van der Waals surface area contributed by atoms with Crippen molar-refractivity contribution in [3.8, 4) is 0 Å². The Bertz CT molecular complexity index is 158. The van der Waals surface area contributed by atoms with Crippen LogP contribution in [0.5, 0.6) is 0 Å². The minimum Gasteiger partial charge on any atom is -0.384 e. The number of rotatable bonds is 6. The Balaban J connectivity index is 2.20. The number of nitrogens with one attached hydrogen (secondary N) is 1. The van der Waals surface area contributed by atoms with Gasteiger partial charge in [-0.05, 0) is 37.1 Å². The summed E-state index contributed by atoms with van der Waals surface area (Å²) in [4.78, 5) is 0. The number of methoxy groups -OCH3 is 1. The molecule has 0 heterocycles. The third-order valence-corrected chi connectivity index (χ3v) is 3.43. The van der Waals surface area contributed by atoms with Crippen LogP contribution < -0.4 is 5.32 Å². The van der Waals surface area contributed by atoms with E-state index in [1.165, 1.54) is 19.4 Å². The molecule has 3 atom stereocenters. The molecule has 1 aliphatic carbocycles. The fraction of sp³-hybridized carbons (Fsp3) is 1.00. The Kier molecular flexibility index (Phi) is 4.90. The van der Waals surface area contributed by atoms with E-state index < -0.39 is 0 Å². The highest BCUT2D eigenvalue weighted by molar-refractivity contribution is 4.85. The topological polar surface area (TPSA) is 21.3 Å². The van der Waals surface area contributed by atoms with Crippen LogP contribution in [-0.2, 0) is 4.74 Å². The molecule has 1 fully saturated rings. The van der Waals surface area contributed by atoms with Gasteiger partial charge in [0.05, 0.1) is 0 Å². The van der Waals surface area contributed by atoms with Gasteiger partial charge in [0, 0.05) is 19.8 Å². The second-order valence-electron chi connectivity index (χ2n) is 5.00. The zero-order chi connectivity index (χ0) is 10.6. The molecule has 0 radical (unpaired) electrons. The standard InChI is InChI=1S/C12H25NO/c1-9(2)13-7-11-5-6-12(11)10(3)8-14-4/h9-13H,5-8H2,1-4H3. The van der Waals surface area contributed by atoms with E-state index >= 15 is 0 Å². The van der Waals surface area contributed by atoms with Crippen LogP contribution in [0.25, 0.3) is 0 Å². The Morgan fingerprint density at radius 3 is 2.43 bits per heavy atom. The predicted octanol–water partition coefficient (Wildman–Crippen LogP) is 2.29. The van der Waals surface area contributed by atoms with Crippen molar-refractivity contribution in [3.05, 3.63) is 0 Å². The first-order valence-electron chi connectivity index (χ1n) is 5.87. The van der Waals surface area contributed by atoms with Crippen LogP contribution >= 0.6 is 0 Å². The van der Waals surface area contributed by atoms with Crippen molar-refractivity contribution < 1.29 is 4.74 Å². The summed E-state index contributed by atoms with van der Waals surface area (Å²) >= 11 is 0. The number of ether oxygens (including phenoxy) is 1. The average molecular weight is 199 g/mol. The Morgan fingerprint density at radius 1 is 1.29 bits per heavy atom. The zero-order valence-corrected chi connectivity index (χ0v) is 10.0. The summed E-state index contributed by atoms with van der Waals surface area (Å²) in [7, 11) is 1.80. The van der Waals surface area contributed by atoms with Crippen molar-refractivity contribution >= 4 is 0 Å². The largest absolute Gasteiger partial charge is 0.384 e. The molecule has 0 saturated heterocycles. The number of hydrogen-bond donors (Lipinski definition) is 1. The van der Waals surface area contributed by atoms with Crippen LogP contribution in [0.15, 0.2) is 0 Å². The lowest BCUT2D eigenvalue weighted by atomic mass is 9.67. The monoisotopic (exact) mass is 199 g/mol. The van der Waals surface area contributed by atoms with Crippen LogP contribution in [-0.4, -0.2) is 26.3 Å². The number of hydrogen-bond acceptors (Lipinski definition) is 2. The minimum atomic E-state index is 0.619. The smallest absolute Gasteiger partial charge is 0.0490 e. The molecule has 0 spiro atoms. The van der Waals surface area contributed by atoms with Crippen molar-refractivity contribution in [2.75, 3.05) is 20.3 Å². The van der Waals surface area contributed by atoms with Crippen LogP contribution in [0.2, 0.25) is 0 Å². The first-order valence-corrected chi connectivity index (χ1v) is 5.87. The van der Waals surface area contributed by atoms with Crippen LogP contribution in [0.4, 0.5) is 0 Å². The van der Waals surface area contributed by atoms with Crippen molar-refractivity contribution in [3.63, 3.8) is 0 Å². The molecule has 1 saturated carbocycles. The maximum absolute atomic E-state index is 5.21. The Labute approximate surface area is 88.4 Å². The lowest BCUT2D eigenvalue weighted by molar-refractivity contribution is 0.0510. The van der Waals surface area contributed by atoms with Crippen molar-refractivity contribution in [2.45, 2.75) is 39.7 Å². The third-order valence-electron chi connectivity index (χ3n) is 3.43. The summed E-state index contributed by atoms with van der Waals surface area (Å²) in [5, 5.41) is 3.53. The Morgan fingerprint density at radius 2 is 2.00 bits per heavy atom. The summed E-state index contributed by atoms with van der Waals surface area (Å²) in [5.74, 6) is 2.51. The molecule has 0 amide bonds. The fourth-order valence-corrected chi connectivity index (χ4v) is 2.37. The van der Waals surface area contributed by atoms with Gasteiger partial charge in [0.25, 0.3) is 0 Å².